The number of aliphatic hydroxyl groups excluding tert-OH is 2. The van der Waals surface area contributed by atoms with E-state index in [1.807, 2.05) is 18.2 Å². The standard InChI is InChI=1S/C12H15NO3/c1-8-13-10-7-9(4-5-12(10)16-8)11(15)3-2-6-14/h4-5,7,11,14-15H,2-3,6H2,1H3. The number of aryl methyl sites for hydroxylation is 1. The molecule has 1 atom stereocenters. The zero-order chi connectivity index (χ0) is 11.5. The van der Waals surface area contributed by atoms with Gasteiger partial charge >= 0.3 is 0 Å². The summed E-state index contributed by atoms with van der Waals surface area (Å²) in [6, 6.07) is 5.47. The Labute approximate surface area is 93.5 Å². The summed E-state index contributed by atoms with van der Waals surface area (Å²) in [7, 11) is 0. The van der Waals surface area contributed by atoms with Crippen LogP contribution in [0.5, 0.6) is 0 Å². The van der Waals surface area contributed by atoms with Crippen LogP contribution in [0.4, 0.5) is 0 Å². The topological polar surface area (TPSA) is 66.5 Å². The highest BCUT2D eigenvalue weighted by molar-refractivity contribution is 5.73. The monoisotopic (exact) mass is 221 g/mol. The minimum Gasteiger partial charge on any atom is -0.441 e. The first-order chi connectivity index (χ1) is 7.70. The number of nitrogens with zero attached hydrogens (tertiary/aromatic N) is 1. The number of hydrogen-bond acceptors (Lipinski definition) is 4. The van der Waals surface area contributed by atoms with Crippen molar-refractivity contribution in [1.82, 2.24) is 4.98 Å². The lowest BCUT2D eigenvalue weighted by atomic mass is 10.0. The predicted octanol–water partition coefficient (Wildman–Crippen LogP) is 1.94. The van der Waals surface area contributed by atoms with Crippen LogP contribution < -0.4 is 0 Å². The van der Waals surface area contributed by atoms with Crippen LogP contribution in [0.3, 0.4) is 0 Å². The van der Waals surface area contributed by atoms with Crippen LogP contribution in [0, 0.1) is 6.92 Å². The van der Waals surface area contributed by atoms with E-state index in [9.17, 15) is 5.11 Å². The van der Waals surface area contributed by atoms with Crippen molar-refractivity contribution in [2.24, 2.45) is 0 Å². The summed E-state index contributed by atoms with van der Waals surface area (Å²) in [5, 5.41) is 18.5. The third kappa shape index (κ3) is 2.23. The second-order valence-corrected chi connectivity index (χ2v) is 3.84. The van der Waals surface area contributed by atoms with Crippen molar-refractivity contribution >= 4 is 11.1 Å². The maximum Gasteiger partial charge on any atom is 0.192 e. The highest BCUT2D eigenvalue weighted by Crippen LogP contribution is 2.23. The number of hydrogen-bond donors (Lipinski definition) is 2. The van der Waals surface area contributed by atoms with Gasteiger partial charge in [0.1, 0.15) is 5.52 Å². The Kier molecular flexibility index (Phi) is 3.22. The van der Waals surface area contributed by atoms with E-state index >= 15 is 0 Å². The number of oxazole rings is 1. The Morgan fingerprint density at radius 3 is 3.00 bits per heavy atom. The summed E-state index contributed by atoms with van der Waals surface area (Å²) < 4.78 is 5.35. The Hall–Kier alpha value is -1.39. The Morgan fingerprint density at radius 2 is 2.25 bits per heavy atom. The third-order valence-corrected chi connectivity index (χ3v) is 2.54. The molecule has 0 saturated heterocycles. The van der Waals surface area contributed by atoms with Gasteiger partial charge < -0.3 is 14.6 Å². The van der Waals surface area contributed by atoms with Gasteiger partial charge in [0.15, 0.2) is 11.5 Å². The number of fused-ring (bicyclic) bond motifs is 1. The van der Waals surface area contributed by atoms with Crippen LogP contribution in [0.1, 0.15) is 30.4 Å². The quantitative estimate of drug-likeness (QED) is 0.828. The van der Waals surface area contributed by atoms with Crippen molar-refractivity contribution in [3.8, 4) is 0 Å². The lowest BCUT2D eigenvalue weighted by Gasteiger charge is -2.09. The number of aromatic nitrogens is 1. The van der Waals surface area contributed by atoms with Crippen molar-refractivity contribution < 1.29 is 14.6 Å². The van der Waals surface area contributed by atoms with Gasteiger partial charge in [0.2, 0.25) is 0 Å². The molecule has 0 fully saturated rings. The smallest absolute Gasteiger partial charge is 0.192 e. The summed E-state index contributed by atoms with van der Waals surface area (Å²) in [5.41, 5.74) is 2.31. The summed E-state index contributed by atoms with van der Waals surface area (Å²) >= 11 is 0. The first-order valence-electron chi connectivity index (χ1n) is 5.36. The molecule has 0 saturated carbocycles. The second kappa shape index (κ2) is 4.63. The fourth-order valence-corrected chi connectivity index (χ4v) is 1.72. The van der Waals surface area contributed by atoms with Crippen LogP contribution in [0.2, 0.25) is 0 Å². The molecule has 2 rings (SSSR count). The fraction of sp³-hybridized carbons (Fsp3) is 0.417. The van der Waals surface area contributed by atoms with Crippen LogP contribution in [-0.4, -0.2) is 21.8 Å². The molecule has 4 heteroatoms. The van der Waals surface area contributed by atoms with Gasteiger partial charge in [-0.05, 0) is 30.5 Å². The average Bonchev–Trinajstić information content (AvgIpc) is 2.64. The first-order valence-corrected chi connectivity index (χ1v) is 5.36. The van der Waals surface area contributed by atoms with Crippen molar-refractivity contribution in [3.05, 3.63) is 29.7 Å². The molecule has 4 nitrogen and oxygen atoms in total. The molecule has 1 heterocycles. The molecule has 1 aromatic carbocycles. The summed E-state index contributed by atoms with van der Waals surface area (Å²) in [6.07, 6.45) is 0.601. The van der Waals surface area contributed by atoms with E-state index in [0.717, 1.165) is 16.7 Å². The maximum absolute atomic E-state index is 9.85. The Balaban J connectivity index is 2.24. The van der Waals surface area contributed by atoms with Gasteiger partial charge in [-0.1, -0.05) is 6.07 Å². The van der Waals surface area contributed by atoms with Crippen LogP contribution >= 0.6 is 0 Å². The Bertz CT molecular complexity index is 478. The van der Waals surface area contributed by atoms with Crippen molar-refractivity contribution in [2.45, 2.75) is 25.9 Å². The number of aliphatic hydroxyl groups is 2. The van der Waals surface area contributed by atoms with E-state index in [1.54, 1.807) is 6.92 Å². The van der Waals surface area contributed by atoms with Crippen molar-refractivity contribution in [1.29, 1.82) is 0 Å². The molecule has 16 heavy (non-hydrogen) atoms. The highest BCUT2D eigenvalue weighted by atomic mass is 16.3. The molecule has 0 radical (unpaired) electrons. The van der Waals surface area contributed by atoms with E-state index < -0.39 is 6.10 Å². The summed E-state index contributed by atoms with van der Waals surface area (Å²) in [4.78, 5) is 4.21. The number of rotatable bonds is 4. The fourth-order valence-electron chi connectivity index (χ4n) is 1.72. The minimum absolute atomic E-state index is 0.0996. The van der Waals surface area contributed by atoms with E-state index in [4.69, 9.17) is 9.52 Å². The molecular formula is C12H15NO3. The molecule has 1 aromatic heterocycles. The molecule has 1 unspecified atom stereocenters. The maximum atomic E-state index is 9.85. The lowest BCUT2D eigenvalue weighted by Crippen LogP contribution is -1.98. The third-order valence-electron chi connectivity index (χ3n) is 2.54. The minimum atomic E-state index is -0.548. The van der Waals surface area contributed by atoms with Gasteiger partial charge in [-0.2, -0.15) is 0 Å². The molecule has 0 bridgehead atoms. The van der Waals surface area contributed by atoms with Gasteiger partial charge in [0, 0.05) is 13.5 Å². The molecule has 0 aliphatic heterocycles. The molecule has 2 N–H and O–H groups in total. The van der Waals surface area contributed by atoms with E-state index in [2.05, 4.69) is 4.98 Å². The van der Waals surface area contributed by atoms with Gasteiger partial charge in [0.05, 0.1) is 6.10 Å². The summed E-state index contributed by atoms with van der Waals surface area (Å²) in [5.74, 6) is 0.622. The molecule has 0 aliphatic carbocycles. The zero-order valence-corrected chi connectivity index (χ0v) is 9.18. The van der Waals surface area contributed by atoms with E-state index in [1.165, 1.54) is 0 Å². The summed E-state index contributed by atoms with van der Waals surface area (Å²) in [6.45, 7) is 1.89. The molecule has 2 aromatic rings. The largest absolute Gasteiger partial charge is 0.441 e. The predicted molar refractivity (Wildman–Crippen MR) is 60.0 cm³/mol. The van der Waals surface area contributed by atoms with Gasteiger partial charge in [-0.15, -0.1) is 0 Å². The van der Waals surface area contributed by atoms with Crippen LogP contribution in [0.15, 0.2) is 22.6 Å². The molecule has 0 spiro atoms. The lowest BCUT2D eigenvalue weighted by molar-refractivity contribution is 0.152. The van der Waals surface area contributed by atoms with Gasteiger partial charge in [0.25, 0.3) is 0 Å². The van der Waals surface area contributed by atoms with E-state index in [0.29, 0.717) is 18.7 Å². The average molecular weight is 221 g/mol. The second-order valence-electron chi connectivity index (χ2n) is 3.84. The van der Waals surface area contributed by atoms with Crippen LogP contribution in [0.25, 0.3) is 11.1 Å². The van der Waals surface area contributed by atoms with Gasteiger partial charge in [-0.25, -0.2) is 4.98 Å². The molecule has 0 aliphatic rings. The Morgan fingerprint density at radius 1 is 1.44 bits per heavy atom. The van der Waals surface area contributed by atoms with E-state index in [-0.39, 0.29) is 6.61 Å². The number of benzene rings is 1. The normalized spacial score (nSPS) is 13.2. The van der Waals surface area contributed by atoms with Crippen molar-refractivity contribution in [2.75, 3.05) is 6.61 Å². The highest BCUT2D eigenvalue weighted by Gasteiger charge is 2.09. The van der Waals surface area contributed by atoms with Crippen LogP contribution in [-0.2, 0) is 0 Å². The first kappa shape index (κ1) is 11.1. The molecule has 86 valence electrons. The molecule has 0 amide bonds. The SMILES string of the molecule is Cc1nc2cc(C(O)CCCO)ccc2o1. The van der Waals surface area contributed by atoms with Crippen molar-refractivity contribution in [3.63, 3.8) is 0 Å². The van der Waals surface area contributed by atoms with Gasteiger partial charge in [-0.3, -0.25) is 0 Å². The zero-order valence-electron chi connectivity index (χ0n) is 9.18. The molecular weight excluding hydrogens is 206 g/mol.